The Morgan fingerprint density at radius 1 is 0.649 bits per heavy atom. The van der Waals surface area contributed by atoms with Crippen LogP contribution in [-0.2, 0) is 22.4 Å². The van der Waals surface area contributed by atoms with E-state index >= 15 is 0 Å². The fraction of sp³-hybridized carbons (Fsp3) is 0.516. The predicted octanol–water partition coefficient (Wildman–Crippen LogP) is 5.74. The van der Waals surface area contributed by atoms with Gasteiger partial charge in [0, 0.05) is 13.1 Å². The number of urea groups is 1. The molecule has 0 bridgehead atoms. The van der Waals surface area contributed by atoms with Crippen molar-refractivity contribution in [3.63, 3.8) is 0 Å². The van der Waals surface area contributed by atoms with Crippen molar-refractivity contribution in [2.45, 2.75) is 77.6 Å². The molecule has 1 fully saturated rings. The predicted molar refractivity (Wildman–Crippen MR) is 148 cm³/mol. The highest BCUT2D eigenvalue weighted by Gasteiger charge is 2.55. The van der Waals surface area contributed by atoms with Crippen LogP contribution in [0.3, 0.4) is 0 Å². The van der Waals surface area contributed by atoms with Crippen molar-refractivity contribution in [3.05, 3.63) is 71.8 Å². The van der Waals surface area contributed by atoms with Gasteiger partial charge < -0.3 is 5.73 Å². The molecular weight excluding hydrogens is 462 g/mol. The molecule has 0 aliphatic carbocycles. The monoisotopic (exact) mass is 505 g/mol. The summed E-state index contributed by atoms with van der Waals surface area (Å²) in [5, 5.41) is 0. The van der Waals surface area contributed by atoms with E-state index in [1.807, 2.05) is 36.4 Å². The zero-order valence-corrected chi connectivity index (χ0v) is 22.4. The standard InChI is InChI=1S/C31H43N3O3/c1-2-3-11-24-33-28(35)31(21-13-19-26-15-6-4-7-16-26,22-14-20-27-17-8-5-9-18-27)29(36)34(30(33)37)25-12-10-23-32/h4-9,15-18H,2-3,10-14,19-25,32H2,1H3. The molecule has 6 nitrogen and oxygen atoms in total. The number of amides is 4. The fourth-order valence-electron chi connectivity index (χ4n) is 5.29. The molecule has 37 heavy (non-hydrogen) atoms. The molecule has 2 aromatic carbocycles. The van der Waals surface area contributed by atoms with Gasteiger partial charge in [-0.3, -0.25) is 19.4 Å². The van der Waals surface area contributed by atoms with Crippen molar-refractivity contribution in [2.24, 2.45) is 11.1 Å². The normalized spacial score (nSPS) is 15.5. The lowest BCUT2D eigenvalue weighted by Gasteiger charge is -2.44. The van der Waals surface area contributed by atoms with Gasteiger partial charge in [-0.1, -0.05) is 80.4 Å². The summed E-state index contributed by atoms with van der Waals surface area (Å²) in [4.78, 5) is 44.2. The molecule has 1 aliphatic rings. The summed E-state index contributed by atoms with van der Waals surface area (Å²) in [5.41, 5.74) is 6.86. The Morgan fingerprint density at radius 3 is 1.54 bits per heavy atom. The van der Waals surface area contributed by atoms with Crippen molar-refractivity contribution in [2.75, 3.05) is 19.6 Å². The second-order valence-corrected chi connectivity index (χ2v) is 10.2. The Hall–Kier alpha value is -2.99. The van der Waals surface area contributed by atoms with Gasteiger partial charge in [0.25, 0.3) is 0 Å². The summed E-state index contributed by atoms with van der Waals surface area (Å²) >= 11 is 0. The third-order valence-corrected chi connectivity index (χ3v) is 7.42. The van der Waals surface area contributed by atoms with E-state index in [2.05, 4.69) is 31.2 Å². The molecule has 1 heterocycles. The van der Waals surface area contributed by atoms with Crippen LogP contribution in [0.2, 0.25) is 0 Å². The maximum absolute atomic E-state index is 14.1. The Balaban J connectivity index is 1.87. The lowest BCUT2D eigenvalue weighted by molar-refractivity contribution is -0.160. The Bertz CT molecular complexity index is 914. The second kappa shape index (κ2) is 14.7. The van der Waals surface area contributed by atoms with Crippen molar-refractivity contribution >= 4 is 17.8 Å². The van der Waals surface area contributed by atoms with Gasteiger partial charge in [0.1, 0.15) is 5.41 Å². The van der Waals surface area contributed by atoms with E-state index in [4.69, 9.17) is 5.73 Å². The minimum absolute atomic E-state index is 0.296. The number of aryl methyl sites for hydroxylation is 2. The molecule has 3 rings (SSSR count). The zero-order valence-electron chi connectivity index (χ0n) is 22.4. The van der Waals surface area contributed by atoms with Crippen LogP contribution < -0.4 is 5.73 Å². The fourth-order valence-corrected chi connectivity index (χ4v) is 5.29. The average molecular weight is 506 g/mol. The summed E-state index contributed by atoms with van der Waals surface area (Å²) in [7, 11) is 0. The molecule has 1 saturated heterocycles. The van der Waals surface area contributed by atoms with E-state index < -0.39 is 11.4 Å². The zero-order chi connectivity index (χ0) is 26.5. The minimum atomic E-state index is -1.20. The summed E-state index contributed by atoms with van der Waals surface area (Å²) in [6, 6.07) is 19.9. The van der Waals surface area contributed by atoms with Crippen LogP contribution >= 0.6 is 0 Å². The Morgan fingerprint density at radius 2 is 1.11 bits per heavy atom. The summed E-state index contributed by atoms with van der Waals surface area (Å²) in [6.45, 7) is 3.28. The van der Waals surface area contributed by atoms with Gasteiger partial charge in [-0.05, 0) is 75.5 Å². The van der Waals surface area contributed by atoms with E-state index in [1.54, 1.807) is 0 Å². The lowest BCUT2D eigenvalue weighted by Crippen LogP contribution is -2.65. The van der Waals surface area contributed by atoms with Crippen molar-refractivity contribution in [1.29, 1.82) is 0 Å². The molecule has 0 saturated carbocycles. The maximum Gasteiger partial charge on any atom is 0.333 e. The number of imide groups is 2. The van der Waals surface area contributed by atoms with Gasteiger partial charge >= 0.3 is 6.03 Å². The molecule has 200 valence electrons. The summed E-state index contributed by atoms with van der Waals surface area (Å²) < 4.78 is 0. The number of nitrogens with two attached hydrogens (primary N) is 1. The summed E-state index contributed by atoms with van der Waals surface area (Å²) in [5.74, 6) is -0.609. The van der Waals surface area contributed by atoms with E-state index in [0.717, 1.165) is 38.5 Å². The number of hydrogen-bond acceptors (Lipinski definition) is 4. The minimum Gasteiger partial charge on any atom is -0.330 e. The molecule has 0 unspecified atom stereocenters. The van der Waals surface area contributed by atoms with Crippen LogP contribution in [0.15, 0.2) is 60.7 Å². The average Bonchev–Trinajstić information content (AvgIpc) is 2.92. The van der Waals surface area contributed by atoms with E-state index in [-0.39, 0.29) is 11.8 Å². The quantitative estimate of drug-likeness (QED) is 0.233. The number of hydrogen-bond donors (Lipinski definition) is 1. The Labute approximate surface area is 222 Å². The third-order valence-electron chi connectivity index (χ3n) is 7.42. The highest BCUT2D eigenvalue weighted by atomic mass is 16.2. The van der Waals surface area contributed by atoms with Gasteiger partial charge in [0.15, 0.2) is 0 Å². The molecule has 0 spiro atoms. The van der Waals surface area contributed by atoms with E-state index in [1.165, 1.54) is 20.9 Å². The molecule has 2 aromatic rings. The van der Waals surface area contributed by atoms with E-state index in [9.17, 15) is 14.4 Å². The first kappa shape index (κ1) is 28.6. The number of rotatable bonds is 16. The first-order valence-corrected chi connectivity index (χ1v) is 14.0. The smallest absolute Gasteiger partial charge is 0.330 e. The van der Waals surface area contributed by atoms with Crippen molar-refractivity contribution in [1.82, 2.24) is 9.80 Å². The SMILES string of the molecule is CCCCCN1C(=O)N(CCCCN)C(=O)C(CCCc2ccccc2)(CCCc2ccccc2)C1=O. The molecular formula is C31H43N3O3. The van der Waals surface area contributed by atoms with Gasteiger partial charge in [0.2, 0.25) is 11.8 Å². The van der Waals surface area contributed by atoms with Crippen LogP contribution in [0.4, 0.5) is 4.79 Å². The second-order valence-electron chi connectivity index (χ2n) is 10.2. The van der Waals surface area contributed by atoms with Gasteiger partial charge in [-0.25, -0.2) is 4.79 Å². The number of barbiturate groups is 1. The topological polar surface area (TPSA) is 83.7 Å². The largest absolute Gasteiger partial charge is 0.333 e. The van der Waals surface area contributed by atoms with Crippen LogP contribution in [0, 0.1) is 5.41 Å². The number of carbonyl (C=O) groups excluding carboxylic acids is 3. The molecule has 0 aromatic heterocycles. The van der Waals surface area contributed by atoms with Gasteiger partial charge in [0.05, 0.1) is 0 Å². The van der Waals surface area contributed by atoms with E-state index in [0.29, 0.717) is 51.7 Å². The van der Waals surface area contributed by atoms with Crippen molar-refractivity contribution < 1.29 is 14.4 Å². The van der Waals surface area contributed by atoms with Crippen molar-refractivity contribution in [3.8, 4) is 0 Å². The number of unbranched alkanes of at least 4 members (excludes halogenated alkanes) is 3. The molecule has 2 N–H and O–H groups in total. The van der Waals surface area contributed by atoms with Gasteiger partial charge in [-0.15, -0.1) is 0 Å². The van der Waals surface area contributed by atoms with Crippen LogP contribution in [0.1, 0.15) is 75.8 Å². The van der Waals surface area contributed by atoms with Gasteiger partial charge in [-0.2, -0.15) is 0 Å². The van der Waals surface area contributed by atoms with Crippen LogP contribution in [0.5, 0.6) is 0 Å². The molecule has 4 amide bonds. The summed E-state index contributed by atoms with van der Waals surface area (Å²) in [6.07, 6.45) is 7.95. The highest BCUT2D eigenvalue weighted by molar-refractivity contribution is 6.19. The Kier molecular flexibility index (Phi) is 11.3. The highest BCUT2D eigenvalue weighted by Crippen LogP contribution is 2.39. The lowest BCUT2D eigenvalue weighted by atomic mass is 9.73. The maximum atomic E-state index is 14.1. The first-order chi connectivity index (χ1) is 18.0. The number of carbonyl (C=O) groups is 3. The number of benzene rings is 2. The first-order valence-electron chi connectivity index (χ1n) is 14.0. The number of nitrogens with zero attached hydrogens (tertiary/aromatic N) is 2. The molecule has 0 radical (unpaired) electrons. The molecule has 0 atom stereocenters. The van der Waals surface area contributed by atoms with Crippen LogP contribution in [0.25, 0.3) is 0 Å². The molecule has 6 heteroatoms. The van der Waals surface area contributed by atoms with Crippen LogP contribution in [-0.4, -0.2) is 47.3 Å². The molecule has 1 aliphatic heterocycles. The third kappa shape index (κ3) is 7.51.